The van der Waals surface area contributed by atoms with Crippen molar-refractivity contribution in [1.82, 2.24) is 9.55 Å². The third-order valence-electron chi connectivity index (χ3n) is 4.43. The third-order valence-corrected chi connectivity index (χ3v) is 4.87. The maximum Gasteiger partial charge on any atom is 0.265 e. The highest BCUT2D eigenvalue weighted by Crippen LogP contribution is 2.23. The lowest BCUT2D eigenvalue weighted by atomic mass is 10.1. The average molecular weight is 395 g/mol. The lowest BCUT2D eigenvalue weighted by Crippen LogP contribution is -2.24. The van der Waals surface area contributed by atoms with Crippen LogP contribution < -0.4 is 5.56 Å². The molecule has 0 N–H and O–H groups in total. The van der Waals surface area contributed by atoms with Gasteiger partial charge in [0.25, 0.3) is 5.56 Å². The first-order valence-corrected chi connectivity index (χ1v) is 9.38. The van der Waals surface area contributed by atoms with Crippen LogP contribution in [0.3, 0.4) is 0 Å². The van der Waals surface area contributed by atoms with E-state index in [0.717, 1.165) is 6.42 Å². The number of aryl methyl sites for hydroxylation is 2. The predicted molar refractivity (Wildman–Crippen MR) is 111 cm³/mol. The number of aromatic nitrogens is 2. The second-order valence-electron chi connectivity index (χ2n) is 6.30. The fourth-order valence-corrected chi connectivity index (χ4v) is 3.70. The zero-order valence-electron chi connectivity index (χ0n) is 14.4. The second kappa shape index (κ2) is 7.55. The molecule has 0 atom stereocenters. The summed E-state index contributed by atoms with van der Waals surface area (Å²) in [5.74, 6) is 0.681. The molecule has 134 valence electrons. The highest BCUT2D eigenvalue weighted by molar-refractivity contribution is 6.34. The largest absolute Gasteiger partial charge is 0.268 e. The molecular weight excluding hydrogens is 379 g/mol. The summed E-state index contributed by atoms with van der Waals surface area (Å²) in [6.45, 7) is 0. The van der Waals surface area contributed by atoms with Crippen LogP contribution >= 0.6 is 23.2 Å². The first-order valence-electron chi connectivity index (χ1n) is 8.63. The predicted octanol–water partition coefficient (Wildman–Crippen LogP) is 5.48. The maximum absolute atomic E-state index is 13.2. The van der Waals surface area contributed by atoms with Gasteiger partial charge in [0.05, 0.1) is 16.6 Å². The summed E-state index contributed by atoms with van der Waals surface area (Å²) in [6, 6.07) is 22.6. The van der Waals surface area contributed by atoms with Crippen molar-refractivity contribution in [3.63, 3.8) is 0 Å². The smallest absolute Gasteiger partial charge is 0.265 e. The molecule has 27 heavy (non-hydrogen) atoms. The van der Waals surface area contributed by atoms with Gasteiger partial charge in [0.1, 0.15) is 5.82 Å². The van der Waals surface area contributed by atoms with Crippen LogP contribution in [0.2, 0.25) is 10.0 Å². The van der Waals surface area contributed by atoms with Crippen molar-refractivity contribution in [3.05, 3.63) is 105 Å². The average Bonchev–Trinajstić information content (AvgIpc) is 2.66. The Morgan fingerprint density at radius 3 is 2.22 bits per heavy atom. The summed E-state index contributed by atoms with van der Waals surface area (Å²) in [7, 11) is 0. The van der Waals surface area contributed by atoms with E-state index in [1.54, 1.807) is 28.8 Å². The number of nitrogens with zero attached hydrogens (tertiary/aromatic N) is 2. The minimum Gasteiger partial charge on any atom is -0.268 e. The highest BCUT2D eigenvalue weighted by Gasteiger charge is 2.14. The van der Waals surface area contributed by atoms with Crippen molar-refractivity contribution >= 4 is 34.1 Å². The van der Waals surface area contributed by atoms with E-state index in [2.05, 4.69) is 12.1 Å². The van der Waals surface area contributed by atoms with Crippen molar-refractivity contribution in [2.45, 2.75) is 12.8 Å². The molecule has 3 nitrogen and oxygen atoms in total. The van der Waals surface area contributed by atoms with Crippen LogP contribution in [0.1, 0.15) is 11.4 Å². The third kappa shape index (κ3) is 3.75. The van der Waals surface area contributed by atoms with Crippen LogP contribution in [0.15, 0.2) is 77.6 Å². The zero-order chi connectivity index (χ0) is 18.8. The van der Waals surface area contributed by atoms with Gasteiger partial charge in [-0.15, -0.1) is 0 Å². The molecule has 1 heterocycles. The molecule has 0 aliphatic rings. The van der Waals surface area contributed by atoms with Gasteiger partial charge >= 0.3 is 0 Å². The van der Waals surface area contributed by atoms with Crippen molar-refractivity contribution in [1.29, 1.82) is 0 Å². The Labute approximate surface area is 166 Å². The zero-order valence-corrected chi connectivity index (χ0v) is 15.9. The van der Waals surface area contributed by atoms with Crippen molar-refractivity contribution in [2.24, 2.45) is 0 Å². The number of para-hydroxylation sites is 1. The standard InChI is InChI=1S/C22H16Cl2N2O/c23-16-12-17(24)14-18(13-16)26-21(11-10-15-6-2-1-3-7-15)25-20-9-5-4-8-19(20)22(26)27/h1-9,12-14H,10-11H2. The fourth-order valence-electron chi connectivity index (χ4n) is 3.18. The molecule has 0 unspecified atom stereocenters. The summed E-state index contributed by atoms with van der Waals surface area (Å²) in [5, 5.41) is 1.52. The van der Waals surface area contributed by atoms with E-state index in [4.69, 9.17) is 28.2 Å². The van der Waals surface area contributed by atoms with Crippen LogP contribution in [0.5, 0.6) is 0 Å². The number of hydrogen-bond donors (Lipinski definition) is 0. The SMILES string of the molecule is O=c1c2ccccc2nc(CCc2ccccc2)n1-c1cc(Cl)cc(Cl)c1. The van der Waals surface area contributed by atoms with Gasteiger partial charge in [0, 0.05) is 16.5 Å². The molecule has 0 spiro atoms. The van der Waals surface area contributed by atoms with Crippen molar-refractivity contribution in [2.75, 3.05) is 0 Å². The Bertz CT molecular complexity index is 1150. The molecule has 0 saturated carbocycles. The molecule has 4 aromatic rings. The van der Waals surface area contributed by atoms with Gasteiger partial charge in [-0.05, 0) is 42.3 Å². The van der Waals surface area contributed by atoms with Crippen LogP contribution in [0.25, 0.3) is 16.6 Å². The molecule has 0 radical (unpaired) electrons. The van der Waals surface area contributed by atoms with E-state index in [1.807, 2.05) is 36.4 Å². The van der Waals surface area contributed by atoms with E-state index in [9.17, 15) is 4.79 Å². The minimum atomic E-state index is -0.123. The van der Waals surface area contributed by atoms with Gasteiger partial charge in [-0.25, -0.2) is 4.98 Å². The van der Waals surface area contributed by atoms with E-state index in [0.29, 0.717) is 38.9 Å². The first-order chi connectivity index (χ1) is 13.1. The van der Waals surface area contributed by atoms with E-state index in [1.165, 1.54) is 5.56 Å². The van der Waals surface area contributed by atoms with Gasteiger partial charge in [-0.1, -0.05) is 65.7 Å². The summed E-state index contributed by atoms with van der Waals surface area (Å²) < 4.78 is 1.61. The van der Waals surface area contributed by atoms with Gasteiger partial charge in [0.2, 0.25) is 0 Å². The molecule has 0 bridgehead atoms. The summed E-state index contributed by atoms with van der Waals surface area (Å²) in [6.07, 6.45) is 1.40. The van der Waals surface area contributed by atoms with Gasteiger partial charge in [-0.3, -0.25) is 9.36 Å². The van der Waals surface area contributed by atoms with Gasteiger partial charge < -0.3 is 0 Å². The monoisotopic (exact) mass is 394 g/mol. The maximum atomic E-state index is 13.2. The number of rotatable bonds is 4. The van der Waals surface area contributed by atoms with Gasteiger partial charge in [-0.2, -0.15) is 0 Å². The van der Waals surface area contributed by atoms with Crippen molar-refractivity contribution < 1.29 is 0 Å². The van der Waals surface area contributed by atoms with E-state index >= 15 is 0 Å². The fraction of sp³-hybridized carbons (Fsp3) is 0.0909. The van der Waals surface area contributed by atoms with E-state index in [-0.39, 0.29) is 5.56 Å². The summed E-state index contributed by atoms with van der Waals surface area (Å²) in [5.41, 5.74) is 2.38. The molecule has 4 rings (SSSR count). The normalized spacial score (nSPS) is 11.0. The Balaban J connectivity index is 1.88. The van der Waals surface area contributed by atoms with Crippen molar-refractivity contribution in [3.8, 4) is 5.69 Å². The quantitative estimate of drug-likeness (QED) is 0.459. The molecular formula is C22H16Cl2N2O. The van der Waals surface area contributed by atoms with Gasteiger partial charge in [0.15, 0.2) is 0 Å². The highest BCUT2D eigenvalue weighted by atomic mass is 35.5. The lowest BCUT2D eigenvalue weighted by molar-refractivity contribution is 0.789. The first kappa shape index (κ1) is 17.8. The molecule has 1 aromatic heterocycles. The van der Waals surface area contributed by atoms with E-state index < -0.39 is 0 Å². The molecule has 0 aliphatic carbocycles. The van der Waals surface area contributed by atoms with Crippen LogP contribution in [-0.2, 0) is 12.8 Å². The molecule has 0 aliphatic heterocycles. The minimum absolute atomic E-state index is 0.123. The molecule has 0 saturated heterocycles. The number of hydrogen-bond acceptors (Lipinski definition) is 2. The Kier molecular flexibility index (Phi) is 4.97. The molecule has 3 aromatic carbocycles. The number of fused-ring (bicyclic) bond motifs is 1. The van der Waals surface area contributed by atoms with Crippen LogP contribution in [0, 0.1) is 0 Å². The topological polar surface area (TPSA) is 34.9 Å². The Hall–Kier alpha value is -2.62. The molecule has 0 fully saturated rings. The number of benzene rings is 3. The second-order valence-corrected chi connectivity index (χ2v) is 7.17. The van der Waals surface area contributed by atoms with Crippen LogP contribution in [0.4, 0.5) is 0 Å². The Morgan fingerprint density at radius 1 is 0.815 bits per heavy atom. The summed E-state index contributed by atoms with van der Waals surface area (Å²) >= 11 is 12.4. The summed E-state index contributed by atoms with van der Waals surface area (Å²) in [4.78, 5) is 18.0. The number of halogens is 2. The molecule has 0 amide bonds. The molecule has 5 heteroatoms. The van der Waals surface area contributed by atoms with Crippen LogP contribution in [-0.4, -0.2) is 9.55 Å². The lowest BCUT2D eigenvalue weighted by Gasteiger charge is -2.14. The Morgan fingerprint density at radius 2 is 1.48 bits per heavy atom.